The highest BCUT2D eigenvalue weighted by Crippen LogP contribution is 2.85. The number of nitrogens with one attached hydrogen (secondary N) is 1. The van der Waals surface area contributed by atoms with Crippen LogP contribution in [0.3, 0.4) is 0 Å². The Balaban J connectivity index is 0.903. The lowest BCUT2D eigenvalue weighted by molar-refractivity contribution is -0.301. The summed E-state index contributed by atoms with van der Waals surface area (Å²) in [5, 5.41) is 29.7. The van der Waals surface area contributed by atoms with Crippen LogP contribution in [-0.2, 0) is 58.2 Å². The second-order valence-electron chi connectivity index (χ2n) is 26.0. The summed E-state index contributed by atoms with van der Waals surface area (Å²) in [6, 6.07) is 11.1. The molecule has 1 aromatic carbocycles. The number of nitrogens with zero attached hydrogens (tertiary/aromatic N) is 1. The molecule has 7 heterocycles. The molecule has 12 nitrogen and oxygen atoms in total. The van der Waals surface area contributed by atoms with E-state index in [1.807, 2.05) is 26.2 Å². The number of hydrogen-bond donors (Lipinski definition) is 3. The summed E-state index contributed by atoms with van der Waals surface area (Å²) >= 11 is 0. The molecule has 0 radical (unpaired) electrons. The first-order valence-electron chi connectivity index (χ1n) is 27.7. The minimum atomic E-state index is -1.51. The lowest BCUT2D eigenvalue weighted by Crippen LogP contribution is -2.81. The highest BCUT2D eigenvalue weighted by Gasteiger charge is 2.96. The fourth-order valence-corrected chi connectivity index (χ4v) is 20.9. The number of esters is 2. The van der Waals surface area contributed by atoms with Gasteiger partial charge in [-0.25, -0.2) is 4.79 Å². The molecule has 3 N–H and O–H groups in total. The van der Waals surface area contributed by atoms with Crippen molar-refractivity contribution < 1.29 is 48.0 Å². The zero-order chi connectivity index (χ0) is 48.2. The molecule has 4 spiro atoms. The van der Waals surface area contributed by atoms with E-state index in [0.717, 1.165) is 75.0 Å². The number of furan rings is 1. The van der Waals surface area contributed by atoms with E-state index < -0.39 is 81.2 Å². The summed E-state index contributed by atoms with van der Waals surface area (Å²) in [7, 11) is 0. The minimum absolute atomic E-state index is 0.0107. The van der Waals surface area contributed by atoms with Crippen LogP contribution in [0.15, 0.2) is 53.3 Å². The monoisotopic (exact) mass is 967 g/mol. The van der Waals surface area contributed by atoms with E-state index >= 15 is 9.59 Å². The van der Waals surface area contributed by atoms with E-state index in [-0.39, 0.29) is 48.5 Å². The van der Waals surface area contributed by atoms with Gasteiger partial charge in [0.25, 0.3) is 0 Å². The van der Waals surface area contributed by atoms with E-state index in [2.05, 4.69) is 65.5 Å². The number of aryl methyl sites for hydroxylation is 1. The fourth-order valence-electron chi connectivity index (χ4n) is 20.9. The predicted molar refractivity (Wildman–Crippen MR) is 256 cm³/mol. The maximum absolute atomic E-state index is 16.0. The van der Waals surface area contributed by atoms with Crippen molar-refractivity contribution in [1.82, 2.24) is 10.2 Å². The van der Waals surface area contributed by atoms with Crippen LogP contribution in [0.1, 0.15) is 114 Å². The molecule has 15 rings (SSSR count). The number of carbonyl (C=O) groups is 3. The number of allylic oxidation sites excluding steroid dienone is 1. The summed E-state index contributed by atoms with van der Waals surface area (Å²) < 4.78 is 34.7. The third-order valence-corrected chi connectivity index (χ3v) is 23.2. The molecule has 6 aliphatic heterocycles. The van der Waals surface area contributed by atoms with Gasteiger partial charge in [0.15, 0.2) is 17.5 Å². The number of cyclic esters (lactones) is 1. The van der Waals surface area contributed by atoms with Gasteiger partial charge >= 0.3 is 11.9 Å². The van der Waals surface area contributed by atoms with Gasteiger partial charge in [0, 0.05) is 46.7 Å². The molecule has 0 unspecified atom stereocenters. The molecule has 1 aromatic heterocycles. The van der Waals surface area contributed by atoms with Crippen molar-refractivity contribution in [3.8, 4) is 11.8 Å². The molecular weight excluding hydrogens is 897 g/mol. The van der Waals surface area contributed by atoms with Crippen LogP contribution in [0.5, 0.6) is 0 Å². The number of ketones is 1. The highest BCUT2D eigenvalue weighted by molar-refractivity contribution is 5.92. The van der Waals surface area contributed by atoms with E-state index in [1.165, 1.54) is 5.56 Å². The Kier molecular flexibility index (Phi) is 9.31. The third kappa shape index (κ3) is 5.39. The number of aliphatic hydroxyl groups is 2. The zero-order valence-electron chi connectivity index (χ0n) is 41.5. The van der Waals surface area contributed by atoms with Gasteiger partial charge in [-0.05, 0) is 156 Å². The molecule has 13 aliphatic rings. The van der Waals surface area contributed by atoms with Crippen molar-refractivity contribution >= 4 is 17.7 Å². The maximum atomic E-state index is 16.0. The molecule has 4 bridgehead atoms. The molecule has 12 heteroatoms. The summed E-state index contributed by atoms with van der Waals surface area (Å²) in [5.41, 5.74) is -3.77. The van der Waals surface area contributed by atoms with Gasteiger partial charge in [-0.3, -0.25) is 14.9 Å². The number of benzene rings is 1. The Labute approximate surface area is 416 Å². The molecule has 71 heavy (non-hydrogen) atoms. The molecule has 10 fully saturated rings. The van der Waals surface area contributed by atoms with E-state index in [1.54, 1.807) is 0 Å². The number of rotatable bonds is 4. The quantitative estimate of drug-likeness (QED) is 0.176. The van der Waals surface area contributed by atoms with Crippen LogP contribution in [-0.4, -0.2) is 94.3 Å². The molecule has 0 amide bonds. The predicted octanol–water partition coefficient (Wildman–Crippen LogP) is 6.43. The van der Waals surface area contributed by atoms with Crippen LogP contribution < -0.4 is 5.32 Å². The minimum Gasteiger partial charge on any atom is -0.469 e. The Morgan fingerprint density at radius 2 is 1.77 bits per heavy atom. The number of Topliss-reactive ketones (excluding diaryl/α,β-unsaturated/α-hetero) is 1. The van der Waals surface area contributed by atoms with Crippen LogP contribution >= 0.6 is 0 Å². The number of hydrogen-bond acceptors (Lipinski definition) is 12. The van der Waals surface area contributed by atoms with Crippen molar-refractivity contribution in [3.63, 3.8) is 0 Å². The molecule has 21 atom stereocenters. The van der Waals surface area contributed by atoms with Gasteiger partial charge < -0.3 is 38.5 Å². The number of ether oxygens (including phenoxy) is 4. The topological polar surface area (TPSA) is 160 Å². The lowest BCUT2D eigenvalue weighted by Gasteiger charge is -2.72. The molecule has 5 saturated heterocycles. The Morgan fingerprint density at radius 1 is 0.915 bits per heavy atom. The van der Waals surface area contributed by atoms with Crippen LogP contribution in [0.2, 0.25) is 0 Å². The lowest BCUT2D eigenvalue weighted by atomic mass is 9.30. The molecular formula is C59H70N2O10. The Hall–Kier alpha value is -3.99. The summed E-state index contributed by atoms with van der Waals surface area (Å²) in [6.07, 6.45) is 13.3. The van der Waals surface area contributed by atoms with Gasteiger partial charge in [-0.2, -0.15) is 0 Å². The van der Waals surface area contributed by atoms with Crippen molar-refractivity contribution in [3.05, 3.63) is 71.3 Å². The highest BCUT2D eigenvalue weighted by atomic mass is 16.7. The number of fused-ring (bicyclic) bond motifs is 6. The zero-order valence-corrected chi connectivity index (χ0v) is 41.5. The normalized spacial score (nSPS) is 50.9. The number of epoxide rings is 1. The SMILES string of the molecule is CC1(C)O[C@H]2CC(=O)OC[C@@]23[C@@H]1C(=O)[C@@H](O)[C@]12[C@@H]3CC[C@]3(C)[C@@]14O[C@@H]4C(=O)O[C@@]31c3c(coc3C[C@@H]3[C@H]4C[C@H]5C=CN6CNC[C@H]6[C@@H]5C[C@@H]4CC[C@H]3O)CC[C@H]1C#C[C@@H]1CC[C@H](Cc3ccccc3)C[C@@H]12. The molecule has 5 saturated carbocycles. The second kappa shape index (κ2) is 14.9. The first-order chi connectivity index (χ1) is 34.3. The van der Waals surface area contributed by atoms with Gasteiger partial charge in [0.1, 0.15) is 24.1 Å². The van der Waals surface area contributed by atoms with Crippen LogP contribution in [0, 0.1) is 93.2 Å². The first-order valence-corrected chi connectivity index (χ1v) is 27.7. The third-order valence-electron chi connectivity index (χ3n) is 23.2. The van der Waals surface area contributed by atoms with Gasteiger partial charge in [0.2, 0.25) is 0 Å². The van der Waals surface area contributed by atoms with Crippen molar-refractivity contribution in [1.29, 1.82) is 0 Å². The maximum Gasteiger partial charge on any atom is 0.339 e. The first kappa shape index (κ1) is 44.5. The molecule has 376 valence electrons. The average Bonchev–Trinajstić information content (AvgIpc) is 3.60. The van der Waals surface area contributed by atoms with Crippen molar-refractivity contribution in [2.75, 3.05) is 19.8 Å². The van der Waals surface area contributed by atoms with Gasteiger partial charge in [0.05, 0.1) is 49.0 Å². The second-order valence-corrected chi connectivity index (χ2v) is 26.0. The smallest absolute Gasteiger partial charge is 0.339 e. The van der Waals surface area contributed by atoms with Gasteiger partial charge in [-0.15, -0.1) is 0 Å². The van der Waals surface area contributed by atoms with Gasteiger partial charge in [-0.1, -0.05) is 55.2 Å². The molecule has 2 aromatic rings. The standard InChI is InChI=1S/C59H70N2O10/c1-54(2)50-49(64)51(65)57-41-22-32(21-31-7-5-4-6-8-31)9-10-33(41)11-14-37-15-12-36-28-67-44(25-40-38-23-35-18-20-61-30-60-27-42(61)39(35)24-34(38)13-16-43(40)62)48(36)58(37)55(3,59(57)52(70-59)53(66)71-58)19-17-45(57)56(50)29-68-47(63)26-46(56)69-54/h4-8,18,20,28,32-35,37-43,45-46,50-52,60,62,65H,9-10,12-13,15-17,19,21-27,29-30H2,1-3H3/t32-,33+,34+,35-,37-,38+,39-,40-,41+,42+,43-,45-,46+,50-,51-,52-,55+,56+,57+,58+,59-/m1/s1. The number of carbonyl (C=O) groups excluding carboxylic acids is 3. The largest absolute Gasteiger partial charge is 0.469 e. The van der Waals surface area contributed by atoms with E-state index in [0.29, 0.717) is 68.2 Å². The Bertz CT molecular complexity index is 2710. The summed E-state index contributed by atoms with van der Waals surface area (Å²) in [6.45, 7) is 8.06. The van der Waals surface area contributed by atoms with Crippen LogP contribution in [0.25, 0.3) is 0 Å². The van der Waals surface area contributed by atoms with Crippen molar-refractivity contribution in [2.45, 2.75) is 158 Å². The Morgan fingerprint density at radius 3 is 2.63 bits per heavy atom. The summed E-state index contributed by atoms with van der Waals surface area (Å²) in [4.78, 5) is 47.5. The van der Waals surface area contributed by atoms with E-state index in [4.69, 9.17) is 23.4 Å². The fraction of sp³-hybridized carbons (Fsp3) is 0.712. The average molecular weight is 967 g/mol. The van der Waals surface area contributed by atoms with E-state index in [9.17, 15) is 15.0 Å². The van der Waals surface area contributed by atoms with Crippen molar-refractivity contribution in [2.24, 2.45) is 81.3 Å². The number of aliphatic hydroxyl groups excluding tert-OH is 2. The summed E-state index contributed by atoms with van der Waals surface area (Å²) in [5.74, 6) is 7.48. The molecule has 7 aliphatic carbocycles. The van der Waals surface area contributed by atoms with Crippen LogP contribution in [0.4, 0.5) is 0 Å².